The average Bonchev–Trinajstić information content (AvgIpc) is 2.26. The van der Waals surface area contributed by atoms with Crippen LogP contribution in [0.15, 0.2) is 23.1 Å². The number of sulfonamides is 1. The highest BCUT2D eigenvalue weighted by Crippen LogP contribution is 2.28. The molecule has 1 heterocycles. The molecule has 0 N–H and O–H groups in total. The zero-order valence-electron chi connectivity index (χ0n) is 10.9. The van der Waals surface area contributed by atoms with E-state index < -0.39 is 26.6 Å². The van der Waals surface area contributed by atoms with Crippen LogP contribution in [0.2, 0.25) is 0 Å². The summed E-state index contributed by atoms with van der Waals surface area (Å²) in [5.41, 5.74) is 0. The number of benzene rings is 1. The largest absolute Gasteiger partial charge is 0.248 e. The van der Waals surface area contributed by atoms with Crippen LogP contribution in [0.3, 0.4) is 0 Å². The highest BCUT2D eigenvalue weighted by molar-refractivity contribution is 7.89. The zero-order chi connectivity index (χ0) is 14.2. The van der Waals surface area contributed by atoms with Gasteiger partial charge in [-0.1, -0.05) is 19.9 Å². The Labute approximate surface area is 112 Å². The van der Waals surface area contributed by atoms with Crippen LogP contribution >= 0.6 is 0 Å². The monoisotopic (exact) mass is 289 g/mol. The van der Waals surface area contributed by atoms with Crippen molar-refractivity contribution in [3.05, 3.63) is 29.8 Å². The molecule has 0 unspecified atom stereocenters. The van der Waals surface area contributed by atoms with Gasteiger partial charge < -0.3 is 0 Å². The van der Waals surface area contributed by atoms with E-state index in [2.05, 4.69) is 0 Å². The Balaban J connectivity index is 2.42. The minimum atomic E-state index is -4.11. The van der Waals surface area contributed by atoms with Crippen molar-refractivity contribution < 1.29 is 17.2 Å². The van der Waals surface area contributed by atoms with E-state index in [1.165, 1.54) is 4.31 Å². The highest BCUT2D eigenvalue weighted by Gasteiger charge is 2.35. The van der Waals surface area contributed by atoms with Crippen LogP contribution < -0.4 is 0 Å². The summed E-state index contributed by atoms with van der Waals surface area (Å²) in [5.74, 6) is -1.70. The SMILES string of the molecule is C[C@H]1C[C@H](C)CN(S(=O)(=O)c2c(F)cccc2F)C1. The Morgan fingerprint density at radius 3 is 2.05 bits per heavy atom. The Hall–Kier alpha value is -1.01. The Morgan fingerprint density at radius 1 is 1.11 bits per heavy atom. The van der Waals surface area contributed by atoms with E-state index in [0.29, 0.717) is 13.1 Å². The standard InChI is InChI=1S/C13H17F2NO2S/c1-9-6-10(2)8-16(7-9)19(17,18)13-11(14)4-3-5-12(13)15/h3-5,9-10H,6-8H2,1-2H3/t9-,10-/m0/s1. The van der Waals surface area contributed by atoms with E-state index in [9.17, 15) is 17.2 Å². The van der Waals surface area contributed by atoms with Gasteiger partial charge in [-0.05, 0) is 30.4 Å². The fourth-order valence-electron chi connectivity index (χ4n) is 2.66. The van der Waals surface area contributed by atoms with Crippen LogP contribution in [-0.2, 0) is 10.0 Å². The maximum absolute atomic E-state index is 13.6. The predicted octanol–water partition coefficient (Wildman–Crippen LogP) is 2.63. The first kappa shape index (κ1) is 14.4. The lowest BCUT2D eigenvalue weighted by molar-refractivity contribution is 0.221. The van der Waals surface area contributed by atoms with Crippen LogP contribution in [0.1, 0.15) is 20.3 Å². The van der Waals surface area contributed by atoms with Gasteiger partial charge in [-0.25, -0.2) is 17.2 Å². The van der Waals surface area contributed by atoms with Gasteiger partial charge in [0.15, 0.2) is 4.90 Å². The number of hydrogen-bond acceptors (Lipinski definition) is 2. The van der Waals surface area contributed by atoms with E-state index in [4.69, 9.17) is 0 Å². The van der Waals surface area contributed by atoms with Gasteiger partial charge in [0, 0.05) is 13.1 Å². The van der Waals surface area contributed by atoms with Crippen molar-refractivity contribution in [3.8, 4) is 0 Å². The molecule has 2 atom stereocenters. The quantitative estimate of drug-likeness (QED) is 0.839. The average molecular weight is 289 g/mol. The minimum absolute atomic E-state index is 0.188. The minimum Gasteiger partial charge on any atom is -0.207 e. The molecule has 0 bridgehead atoms. The van der Waals surface area contributed by atoms with Gasteiger partial charge in [0.1, 0.15) is 11.6 Å². The molecular formula is C13H17F2NO2S. The number of halogens is 2. The van der Waals surface area contributed by atoms with E-state index in [0.717, 1.165) is 24.6 Å². The van der Waals surface area contributed by atoms with Gasteiger partial charge in [0.25, 0.3) is 0 Å². The molecule has 1 aromatic carbocycles. The first-order valence-electron chi connectivity index (χ1n) is 6.26. The maximum atomic E-state index is 13.6. The molecule has 2 rings (SSSR count). The molecule has 0 radical (unpaired) electrons. The summed E-state index contributed by atoms with van der Waals surface area (Å²) >= 11 is 0. The molecular weight excluding hydrogens is 272 g/mol. The van der Waals surface area contributed by atoms with Crippen molar-refractivity contribution in [2.45, 2.75) is 25.2 Å². The van der Waals surface area contributed by atoms with Crippen molar-refractivity contribution in [2.75, 3.05) is 13.1 Å². The van der Waals surface area contributed by atoms with Gasteiger partial charge in [0.2, 0.25) is 10.0 Å². The third-order valence-corrected chi connectivity index (χ3v) is 5.24. The fourth-order valence-corrected chi connectivity index (χ4v) is 4.45. The Kier molecular flexibility index (Phi) is 3.92. The molecule has 106 valence electrons. The smallest absolute Gasteiger partial charge is 0.207 e. The molecule has 1 aliphatic heterocycles. The normalized spacial score (nSPS) is 25.5. The molecule has 1 aromatic rings. The van der Waals surface area contributed by atoms with E-state index in [-0.39, 0.29) is 11.8 Å². The lowest BCUT2D eigenvalue weighted by Gasteiger charge is -2.34. The van der Waals surface area contributed by atoms with Crippen LogP contribution in [0, 0.1) is 23.5 Å². The second kappa shape index (κ2) is 5.17. The van der Waals surface area contributed by atoms with Gasteiger partial charge in [-0.15, -0.1) is 0 Å². The Bertz CT molecular complexity index is 544. The molecule has 6 heteroatoms. The third-order valence-electron chi connectivity index (χ3n) is 3.35. The molecule has 3 nitrogen and oxygen atoms in total. The molecule has 0 spiro atoms. The summed E-state index contributed by atoms with van der Waals surface area (Å²) in [5, 5.41) is 0. The van der Waals surface area contributed by atoms with E-state index >= 15 is 0 Å². The lowest BCUT2D eigenvalue weighted by Crippen LogP contribution is -2.43. The van der Waals surface area contributed by atoms with Crippen molar-refractivity contribution in [2.24, 2.45) is 11.8 Å². The first-order valence-corrected chi connectivity index (χ1v) is 7.70. The predicted molar refractivity (Wildman–Crippen MR) is 68.1 cm³/mol. The van der Waals surface area contributed by atoms with Crippen molar-refractivity contribution in [1.29, 1.82) is 0 Å². The van der Waals surface area contributed by atoms with Gasteiger partial charge >= 0.3 is 0 Å². The molecule has 1 fully saturated rings. The van der Waals surface area contributed by atoms with Gasteiger partial charge in [-0.2, -0.15) is 4.31 Å². The van der Waals surface area contributed by atoms with E-state index in [1.54, 1.807) is 0 Å². The van der Waals surface area contributed by atoms with Crippen LogP contribution in [0.4, 0.5) is 8.78 Å². The van der Waals surface area contributed by atoms with Crippen LogP contribution in [0.25, 0.3) is 0 Å². The molecule has 0 aromatic heterocycles. The second-order valence-electron chi connectivity index (χ2n) is 5.32. The number of nitrogens with zero attached hydrogens (tertiary/aromatic N) is 1. The number of hydrogen-bond donors (Lipinski definition) is 0. The number of rotatable bonds is 2. The summed E-state index contributed by atoms with van der Waals surface area (Å²) in [6.07, 6.45) is 0.922. The summed E-state index contributed by atoms with van der Waals surface area (Å²) in [6.45, 7) is 4.49. The molecule has 1 saturated heterocycles. The molecule has 1 aliphatic rings. The van der Waals surface area contributed by atoms with E-state index in [1.807, 2.05) is 13.8 Å². The number of piperidine rings is 1. The van der Waals surface area contributed by atoms with Crippen LogP contribution in [0.5, 0.6) is 0 Å². The topological polar surface area (TPSA) is 37.4 Å². The molecule has 0 saturated carbocycles. The summed E-state index contributed by atoms with van der Waals surface area (Å²) in [7, 11) is -4.11. The van der Waals surface area contributed by atoms with Crippen LogP contribution in [-0.4, -0.2) is 25.8 Å². The summed E-state index contributed by atoms with van der Waals surface area (Å²) in [6, 6.07) is 3.09. The highest BCUT2D eigenvalue weighted by atomic mass is 32.2. The third kappa shape index (κ3) is 2.79. The van der Waals surface area contributed by atoms with Gasteiger partial charge in [-0.3, -0.25) is 0 Å². The zero-order valence-corrected chi connectivity index (χ0v) is 11.8. The second-order valence-corrected chi connectivity index (χ2v) is 7.19. The molecule has 19 heavy (non-hydrogen) atoms. The van der Waals surface area contributed by atoms with Crippen molar-refractivity contribution >= 4 is 10.0 Å². The lowest BCUT2D eigenvalue weighted by atomic mass is 9.94. The van der Waals surface area contributed by atoms with Gasteiger partial charge in [0.05, 0.1) is 0 Å². The Morgan fingerprint density at radius 2 is 1.58 bits per heavy atom. The molecule has 0 amide bonds. The summed E-state index contributed by atoms with van der Waals surface area (Å²) < 4.78 is 53.2. The fraction of sp³-hybridized carbons (Fsp3) is 0.538. The first-order chi connectivity index (χ1) is 8.82. The van der Waals surface area contributed by atoms with Crippen molar-refractivity contribution in [3.63, 3.8) is 0 Å². The van der Waals surface area contributed by atoms with Crippen molar-refractivity contribution in [1.82, 2.24) is 4.31 Å². The summed E-state index contributed by atoms with van der Waals surface area (Å²) in [4.78, 5) is -0.837. The maximum Gasteiger partial charge on any atom is 0.248 e. The molecule has 0 aliphatic carbocycles.